The second kappa shape index (κ2) is 9.15. The molecule has 0 saturated carbocycles. The van der Waals surface area contributed by atoms with Crippen LogP contribution in [0.5, 0.6) is 5.75 Å². The number of aromatic nitrogens is 3. The highest BCUT2D eigenvalue weighted by Gasteiger charge is 2.39. The highest BCUT2D eigenvalue weighted by molar-refractivity contribution is 7.16. The number of carbonyl (C=O) groups excluding carboxylic acids is 2. The first kappa shape index (κ1) is 23.3. The minimum atomic E-state index is -0.438. The summed E-state index contributed by atoms with van der Waals surface area (Å²) in [4.78, 5) is 33.3. The molecule has 174 valence electrons. The number of nitrogens with zero attached hydrogens (tertiary/aromatic N) is 4. The third kappa shape index (κ3) is 4.89. The standard InChI is InChI=1S/C23H26ClN5O3S/c1-23(2,3)21(31)28-12-14(13-28)19-26-22(25-11-15-9-10-18(24)33-15)29(27-19)20(30)16-7-5-6-8-17(16)32-4/h5-10,14H,11-13H2,1-4H3,(H,25,26,27). The number of halogens is 1. The fourth-order valence-corrected chi connectivity index (χ4v) is 4.61. The average molecular weight is 488 g/mol. The summed E-state index contributed by atoms with van der Waals surface area (Å²) >= 11 is 7.49. The van der Waals surface area contributed by atoms with Crippen molar-refractivity contribution in [3.63, 3.8) is 0 Å². The van der Waals surface area contributed by atoms with Crippen molar-refractivity contribution in [2.75, 3.05) is 25.5 Å². The number of nitrogens with one attached hydrogen (secondary N) is 1. The summed E-state index contributed by atoms with van der Waals surface area (Å²) in [6, 6.07) is 10.7. The van der Waals surface area contributed by atoms with E-state index in [1.54, 1.807) is 29.2 Å². The Balaban J connectivity index is 1.59. The van der Waals surface area contributed by atoms with Gasteiger partial charge in [-0.15, -0.1) is 16.4 Å². The van der Waals surface area contributed by atoms with Crippen LogP contribution < -0.4 is 10.1 Å². The zero-order chi connectivity index (χ0) is 23.8. The first-order chi connectivity index (χ1) is 15.7. The Morgan fingerprint density at radius 2 is 1.94 bits per heavy atom. The second-order valence-electron chi connectivity index (χ2n) is 8.93. The van der Waals surface area contributed by atoms with Crippen molar-refractivity contribution in [3.05, 3.63) is 57.0 Å². The van der Waals surface area contributed by atoms with Crippen LogP contribution in [0.15, 0.2) is 36.4 Å². The van der Waals surface area contributed by atoms with Crippen LogP contribution in [0.25, 0.3) is 0 Å². The Kier molecular flexibility index (Phi) is 6.45. The molecule has 0 radical (unpaired) electrons. The van der Waals surface area contributed by atoms with Crippen molar-refractivity contribution in [2.45, 2.75) is 33.2 Å². The van der Waals surface area contributed by atoms with Crippen LogP contribution in [0.3, 0.4) is 0 Å². The summed E-state index contributed by atoms with van der Waals surface area (Å²) in [6.45, 7) is 7.22. The molecule has 1 aliphatic heterocycles. The number of anilines is 1. The van der Waals surface area contributed by atoms with Crippen LogP contribution >= 0.6 is 22.9 Å². The van der Waals surface area contributed by atoms with Crippen LogP contribution in [0.2, 0.25) is 4.34 Å². The van der Waals surface area contributed by atoms with E-state index >= 15 is 0 Å². The largest absolute Gasteiger partial charge is 0.496 e. The molecule has 1 saturated heterocycles. The molecule has 4 rings (SSSR count). The van der Waals surface area contributed by atoms with Crippen molar-refractivity contribution >= 4 is 40.7 Å². The number of hydrogen-bond donors (Lipinski definition) is 1. The Morgan fingerprint density at radius 3 is 2.58 bits per heavy atom. The summed E-state index contributed by atoms with van der Waals surface area (Å²) in [5.74, 6) is 1.05. The van der Waals surface area contributed by atoms with Gasteiger partial charge >= 0.3 is 0 Å². The molecule has 1 aromatic carbocycles. The van der Waals surface area contributed by atoms with E-state index in [9.17, 15) is 9.59 Å². The first-order valence-corrected chi connectivity index (χ1v) is 11.8. The third-order valence-electron chi connectivity index (χ3n) is 5.38. The monoisotopic (exact) mass is 487 g/mol. The normalized spacial score (nSPS) is 14.2. The number of para-hydroxylation sites is 1. The molecule has 0 atom stereocenters. The Bertz CT molecular complexity index is 1180. The van der Waals surface area contributed by atoms with E-state index in [4.69, 9.17) is 16.3 Å². The summed E-state index contributed by atoms with van der Waals surface area (Å²) < 4.78 is 7.33. The molecule has 1 amide bonds. The van der Waals surface area contributed by atoms with Gasteiger partial charge in [-0.2, -0.15) is 9.67 Å². The highest BCUT2D eigenvalue weighted by atomic mass is 35.5. The second-order valence-corrected chi connectivity index (χ2v) is 10.7. The van der Waals surface area contributed by atoms with Gasteiger partial charge in [0.15, 0.2) is 5.82 Å². The molecule has 10 heteroatoms. The maximum Gasteiger partial charge on any atom is 0.285 e. The molecule has 0 unspecified atom stereocenters. The molecule has 1 N–H and O–H groups in total. The smallest absolute Gasteiger partial charge is 0.285 e. The van der Waals surface area contributed by atoms with Crippen molar-refractivity contribution in [1.82, 2.24) is 19.7 Å². The van der Waals surface area contributed by atoms with Gasteiger partial charge in [-0.1, -0.05) is 44.5 Å². The van der Waals surface area contributed by atoms with E-state index in [1.807, 2.05) is 32.9 Å². The van der Waals surface area contributed by atoms with Crippen LogP contribution in [0.4, 0.5) is 5.95 Å². The fourth-order valence-electron chi connectivity index (χ4n) is 3.59. The lowest BCUT2D eigenvalue weighted by molar-refractivity contribution is -0.144. The average Bonchev–Trinajstić information content (AvgIpc) is 3.36. The van der Waals surface area contributed by atoms with Gasteiger partial charge in [-0.3, -0.25) is 9.59 Å². The summed E-state index contributed by atoms with van der Waals surface area (Å²) in [5, 5.41) is 7.75. The summed E-state index contributed by atoms with van der Waals surface area (Å²) in [7, 11) is 1.52. The van der Waals surface area contributed by atoms with E-state index in [-0.39, 0.29) is 17.7 Å². The van der Waals surface area contributed by atoms with E-state index < -0.39 is 5.41 Å². The van der Waals surface area contributed by atoms with E-state index in [2.05, 4.69) is 15.4 Å². The van der Waals surface area contributed by atoms with Crippen LogP contribution in [-0.4, -0.2) is 51.7 Å². The number of ether oxygens (including phenoxy) is 1. The number of amides is 1. The number of methoxy groups -OCH3 is 1. The van der Waals surface area contributed by atoms with E-state index in [0.29, 0.717) is 47.1 Å². The number of hydrogen-bond acceptors (Lipinski definition) is 7. The van der Waals surface area contributed by atoms with Gasteiger partial charge in [-0.25, -0.2) is 0 Å². The predicted octanol–water partition coefficient (Wildman–Crippen LogP) is 4.27. The summed E-state index contributed by atoms with van der Waals surface area (Å²) in [6.07, 6.45) is 0. The molecule has 0 spiro atoms. The van der Waals surface area contributed by atoms with Crippen LogP contribution in [-0.2, 0) is 11.3 Å². The molecule has 2 aromatic heterocycles. The molecule has 8 nitrogen and oxygen atoms in total. The molecule has 33 heavy (non-hydrogen) atoms. The van der Waals surface area contributed by atoms with Crippen molar-refractivity contribution in [3.8, 4) is 5.75 Å². The maximum absolute atomic E-state index is 13.4. The van der Waals surface area contributed by atoms with Crippen molar-refractivity contribution in [2.24, 2.45) is 5.41 Å². The molecule has 1 fully saturated rings. The molecule has 0 bridgehead atoms. The molecule has 3 heterocycles. The number of benzene rings is 1. The zero-order valence-electron chi connectivity index (χ0n) is 19.0. The number of carbonyl (C=O) groups is 2. The molecule has 0 aliphatic carbocycles. The van der Waals surface area contributed by atoms with Gasteiger partial charge in [0.05, 0.1) is 29.5 Å². The Labute approximate surface area is 201 Å². The van der Waals surface area contributed by atoms with Gasteiger partial charge in [0.2, 0.25) is 11.9 Å². The van der Waals surface area contributed by atoms with Crippen LogP contribution in [0, 0.1) is 5.41 Å². The lowest BCUT2D eigenvalue weighted by atomic mass is 9.90. The van der Waals surface area contributed by atoms with Gasteiger partial charge in [0.1, 0.15) is 5.75 Å². The molecule has 3 aromatic rings. The first-order valence-electron chi connectivity index (χ1n) is 10.6. The quantitative estimate of drug-likeness (QED) is 0.558. The fraction of sp³-hybridized carbons (Fsp3) is 0.391. The Hall–Kier alpha value is -2.91. The lowest BCUT2D eigenvalue weighted by Gasteiger charge is -2.41. The maximum atomic E-state index is 13.4. The SMILES string of the molecule is COc1ccccc1C(=O)n1nc(C2CN(C(=O)C(C)(C)C)C2)nc1NCc1ccc(Cl)s1. The zero-order valence-corrected chi connectivity index (χ0v) is 20.5. The minimum absolute atomic E-state index is 0.0280. The van der Waals surface area contributed by atoms with Crippen molar-refractivity contribution in [1.29, 1.82) is 0 Å². The molecular formula is C23H26ClN5O3S. The van der Waals surface area contributed by atoms with Gasteiger partial charge in [0.25, 0.3) is 5.91 Å². The predicted molar refractivity (Wildman–Crippen MR) is 128 cm³/mol. The van der Waals surface area contributed by atoms with Gasteiger partial charge in [-0.05, 0) is 24.3 Å². The molecule has 1 aliphatic rings. The van der Waals surface area contributed by atoms with Gasteiger partial charge in [0, 0.05) is 23.4 Å². The topological polar surface area (TPSA) is 89.4 Å². The number of likely N-dealkylation sites (tertiary alicyclic amines) is 1. The third-order valence-corrected chi connectivity index (χ3v) is 6.61. The highest BCUT2D eigenvalue weighted by Crippen LogP contribution is 2.31. The summed E-state index contributed by atoms with van der Waals surface area (Å²) in [5.41, 5.74) is -0.0523. The number of thiophene rings is 1. The minimum Gasteiger partial charge on any atom is -0.496 e. The van der Waals surface area contributed by atoms with E-state index in [0.717, 1.165) is 4.88 Å². The molecular weight excluding hydrogens is 462 g/mol. The number of rotatable bonds is 6. The van der Waals surface area contributed by atoms with Gasteiger partial charge < -0.3 is 15.0 Å². The lowest BCUT2D eigenvalue weighted by Crippen LogP contribution is -2.52. The Morgan fingerprint density at radius 1 is 1.21 bits per heavy atom. The van der Waals surface area contributed by atoms with Crippen molar-refractivity contribution < 1.29 is 14.3 Å². The van der Waals surface area contributed by atoms with E-state index in [1.165, 1.54) is 23.1 Å². The van der Waals surface area contributed by atoms with Crippen LogP contribution in [0.1, 0.15) is 47.7 Å².